The van der Waals surface area contributed by atoms with E-state index in [1.54, 1.807) is 0 Å². The van der Waals surface area contributed by atoms with Gasteiger partial charge in [-0.3, -0.25) is 0 Å². The molecule has 0 saturated heterocycles. The molecule has 0 aliphatic heterocycles. The summed E-state index contributed by atoms with van der Waals surface area (Å²) in [4.78, 5) is 11.4. The molecule has 1 heterocycles. The fraction of sp³-hybridized carbons (Fsp3) is 0.250. The number of carbonyl (C=O) groups is 1. The summed E-state index contributed by atoms with van der Waals surface area (Å²) in [6.45, 7) is 0. The lowest BCUT2D eigenvalue weighted by Gasteiger charge is -2.13. The zero-order valence-electron chi connectivity index (χ0n) is 11.3. The number of benzene rings is 1. The molecule has 2 rings (SSSR count). The molecular weight excluding hydrogens is 341 g/mol. The summed E-state index contributed by atoms with van der Waals surface area (Å²) in [6.07, 6.45) is 1.22. The molecule has 1 aromatic heterocycles. The number of fused-ring (bicyclic) bond motifs is 1. The average molecular weight is 352 g/mol. The van der Waals surface area contributed by atoms with Gasteiger partial charge in [0.15, 0.2) is 0 Å². The summed E-state index contributed by atoms with van der Waals surface area (Å²) in [6, 6.07) is 1.30. The van der Waals surface area contributed by atoms with Gasteiger partial charge in [-0.1, -0.05) is 23.2 Å². The van der Waals surface area contributed by atoms with Gasteiger partial charge in [0.1, 0.15) is 4.90 Å². The Morgan fingerprint density at radius 1 is 1.29 bits per heavy atom. The molecule has 0 aliphatic rings. The van der Waals surface area contributed by atoms with E-state index < -0.39 is 16.0 Å². The number of hydrogen-bond donors (Lipinski definition) is 0. The fourth-order valence-corrected chi connectivity index (χ4v) is 3.55. The molecule has 0 saturated carbocycles. The van der Waals surface area contributed by atoms with Crippen molar-refractivity contribution in [1.29, 1.82) is 0 Å². The molecule has 0 spiro atoms. The first-order chi connectivity index (χ1) is 9.71. The molecule has 9 heteroatoms. The molecular formula is C12H11Cl2NO5S. The van der Waals surface area contributed by atoms with Crippen molar-refractivity contribution in [2.24, 2.45) is 0 Å². The van der Waals surface area contributed by atoms with Crippen molar-refractivity contribution in [3.63, 3.8) is 0 Å². The van der Waals surface area contributed by atoms with Crippen LogP contribution in [-0.4, -0.2) is 39.9 Å². The van der Waals surface area contributed by atoms with E-state index in [1.807, 2.05) is 0 Å². The summed E-state index contributed by atoms with van der Waals surface area (Å²) >= 11 is 12.2. The maximum atomic E-state index is 12.2. The standard InChI is InChI=1S/C12H11Cl2NO5S/c1-15(2)21(17,18)7-4-6-5-20-11(12(16)19-3)8(6)10(14)9(7)13/h4-5H,1-3H3. The summed E-state index contributed by atoms with van der Waals surface area (Å²) in [5.41, 5.74) is 0. The largest absolute Gasteiger partial charge is 0.463 e. The molecule has 0 radical (unpaired) electrons. The van der Waals surface area contributed by atoms with E-state index in [0.717, 1.165) is 4.31 Å². The molecule has 21 heavy (non-hydrogen) atoms. The van der Waals surface area contributed by atoms with Gasteiger partial charge in [0, 0.05) is 19.5 Å². The van der Waals surface area contributed by atoms with Gasteiger partial charge in [-0.05, 0) is 6.07 Å². The van der Waals surface area contributed by atoms with Gasteiger partial charge >= 0.3 is 5.97 Å². The van der Waals surface area contributed by atoms with Gasteiger partial charge < -0.3 is 9.15 Å². The molecule has 2 aromatic rings. The van der Waals surface area contributed by atoms with E-state index in [1.165, 1.54) is 33.5 Å². The van der Waals surface area contributed by atoms with E-state index in [9.17, 15) is 13.2 Å². The monoisotopic (exact) mass is 351 g/mol. The number of ether oxygens (including phenoxy) is 1. The first-order valence-corrected chi connectivity index (χ1v) is 7.81. The normalized spacial score (nSPS) is 12.1. The van der Waals surface area contributed by atoms with E-state index in [-0.39, 0.29) is 26.1 Å². The molecule has 0 atom stereocenters. The fourth-order valence-electron chi connectivity index (χ4n) is 1.75. The van der Waals surface area contributed by atoms with Gasteiger partial charge in [-0.25, -0.2) is 17.5 Å². The van der Waals surface area contributed by atoms with Crippen LogP contribution in [0.4, 0.5) is 0 Å². The highest BCUT2D eigenvalue weighted by Crippen LogP contribution is 2.39. The topological polar surface area (TPSA) is 76.8 Å². The smallest absolute Gasteiger partial charge is 0.374 e. The Hall–Kier alpha value is -1.28. The van der Waals surface area contributed by atoms with Crippen molar-refractivity contribution in [2.45, 2.75) is 4.90 Å². The molecule has 0 unspecified atom stereocenters. The maximum absolute atomic E-state index is 12.2. The number of hydrogen-bond acceptors (Lipinski definition) is 5. The van der Waals surface area contributed by atoms with Crippen LogP contribution in [0.2, 0.25) is 10.0 Å². The minimum Gasteiger partial charge on any atom is -0.463 e. The summed E-state index contributed by atoms with van der Waals surface area (Å²) in [7, 11) is 0.161. The molecule has 0 aliphatic carbocycles. The zero-order valence-corrected chi connectivity index (χ0v) is 13.6. The van der Waals surface area contributed by atoms with Crippen LogP contribution in [0.5, 0.6) is 0 Å². The third-order valence-corrected chi connectivity index (χ3v) is 5.68. The second-order valence-electron chi connectivity index (χ2n) is 4.31. The van der Waals surface area contributed by atoms with Crippen LogP contribution in [0, 0.1) is 0 Å². The molecule has 6 nitrogen and oxygen atoms in total. The highest BCUT2D eigenvalue weighted by atomic mass is 35.5. The minimum atomic E-state index is -3.78. The highest BCUT2D eigenvalue weighted by molar-refractivity contribution is 7.89. The van der Waals surface area contributed by atoms with E-state index in [4.69, 9.17) is 27.6 Å². The molecule has 0 N–H and O–H groups in total. The van der Waals surface area contributed by atoms with Crippen molar-refractivity contribution in [2.75, 3.05) is 21.2 Å². The van der Waals surface area contributed by atoms with Crippen LogP contribution < -0.4 is 0 Å². The van der Waals surface area contributed by atoms with Crippen molar-refractivity contribution in [3.8, 4) is 0 Å². The second-order valence-corrected chi connectivity index (χ2v) is 7.19. The third kappa shape index (κ3) is 2.50. The Balaban J connectivity index is 2.83. The van der Waals surface area contributed by atoms with Crippen LogP contribution in [0.25, 0.3) is 10.8 Å². The number of esters is 1. The van der Waals surface area contributed by atoms with Crippen LogP contribution >= 0.6 is 23.2 Å². The Morgan fingerprint density at radius 3 is 2.43 bits per heavy atom. The Morgan fingerprint density at radius 2 is 1.90 bits per heavy atom. The quantitative estimate of drug-likeness (QED) is 0.794. The first kappa shape index (κ1) is 16.1. The maximum Gasteiger partial charge on any atom is 0.374 e. The van der Waals surface area contributed by atoms with E-state index in [2.05, 4.69) is 4.74 Å². The van der Waals surface area contributed by atoms with Crippen molar-refractivity contribution in [3.05, 3.63) is 28.1 Å². The average Bonchev–Trinajstić information content (AvgIpc) is 2.85. The lowest BCUT2D eigenvalue weighted by Crippen LogP contribution is -2.22. The highest BCUT2D eigenvalue weighted by Gasteiger charge is 2.27. The summed E-state index contributed by atoms with van der Waals surface area (Å²) in [5, 5.41) is 0.296. The number of methoxy groups -OCH3 is 1. The van der Waals surface area contributed by atoms with E-state index in [0.29, 0.717) is 5.39 Å². The van der Waals surface area contributed by atoms with Crippen molar-refractivity contribution >= 4 is 50.0 Å². The van der Waals surface area contributed by atoms with Gasteiger partial charge in [0.25, 0.3) is 0 Å². The van der Waals surface area contributed by atoms with Crippen LogP contribution in [0.1, 0.15) is 10.6 Å². The van der Waals surface area contributed by atoms with Crippen LogP contribution in [0.15, 0.2) is 21.6 Å². The third-order valence-electron chi connectivity index (χ3n) is 2.86. The van der Waals surface area contributed by atoms with Crippen LogP contribution in [0.3, 0.4) is 0 Å². The SMILES string of the molecule is COC(=O)c1occ2cc(S(=O)(=O)N(C)C)c(Cl)c(Cl)c12. The van der Waals surface area contributed by atoms with Gasteiger partial charge in [0.2, 0.25) is 15.8 Å². The number of sulfonamides is 1. The van der Waals surface area contributed by atoms with Gasteiger partial charge in [0.05, 0.1) is 28.8 Å². The van der Waals surface area contributed by atoms with Crippen molar-refractivity contribution < 1.29 is 22.4 Å². The first-order valence-electron chi connectivity index (χ1n) is 5.61. The van der Waals surface area contributed by atoms with Gasteiger partial charge in [-0.2, -0.15) is 0 Å². The molecule has 114 valence electrons. The number of rotatable bonds is 3. The number of furan rings is 1. The Labute approximate surface area is 131 Å². The van der Waals surface area contributed by atoms with Gasteiger partial charge in [-0.15, -0.1) is 0 Å². The summed E-state index contributed by atoms with van der Waals surface area (Å²) < 4.78 is 35.1. The molecule has 0 fully saturated rings. The molecule has 0 amide bonds. The predicted octanol–water partition coefficient (Wildman–Crippen LogP) is 2.78. The van der Waals surface area contributed by atoms with Crippen LogP contribution in [-0.2, 0) is 14.8 Å². The van der Waals surface area contributed by atoms with Crippen molar-refractivity contribution in [1.82, 2.24) is 4.31 Å². The zero-order chi connectivity index (χ0) is 15.9. The Bertz CT molecular complexity index is 826. The number of halogens is 2. The Kier molecular flexibility index (Phi) is 4.21. The second kappa shape index (κ2) is 5.49. The number of nitrogens with zero attached hydrogens (tertiary/aromatic N) is 1. The minimum absolute atomic E-state index is 0.0799. The lowest BCUT2D eigenvalue weighted by atomic mass is 10.2. The summed E-state index contributed by atoms with van der Waals surface area (Å²) in [5.74, 6) is -0.862. The number of carbonyl (C=O) groups excluding carboxylic acids is 1. The van der Waals surface area contributed by atoms with E-state index >= 15 is 0 Å². The molecule has 1 aromatic carbocycles. The lowest BCUT2D eigenvalue weighted by molar-refractivity contribution is 0.0568. The molecule has 0 bridgehead atoms. The predicted molar refractivity (Wildman–Crippen MR) is 78.4 cm³/mol.